The summed E-state index contributed by atoms with van der Waals surface area (Å²) in [5, 5.41) is 0.565. The summed E-state index contributed by atoms with van der Waals surface area (Å²) in [6, 6.07) is 11.0. The Hall–Kier alpha value is -1.85. The summed E-state index contributed by atoms with van der Waals surface area (Å²) < 4.78 is 0. The number of hydrogen-bond acceptors (Lipinski definition) is 3. The summed E-state index contributed by atoms with van der Waals surface area (Å²) in [7, 11) is 0. The van der Waals surface area contributed by atoms with Gasteiger partial charge in [-0.05, 0) is 57.0 Å². The molecule has 0 unspecified atom stereocenters. The lowest BCUT2D eigenvalue weighted by Crippen LogP contribution is -2.30. The fraction of sp³-hybridized carbons (Fsp3) is 0.400. The SMILES string of the molecule is CCN(CC)C(=O)c1ccc([C@H]2CCCN2C(=O)c2cccc(Cl)c2)s1. The van der Waals surface area contributed by atoms with Crippen molar-refractivity contribution in [3.05, 3.63) is 56.7 Å². The zero-order valence-corrected chi connectivity index (χ0v) is 16.6. The summed E-state index contributed by atoms with van der Waals surface area (Å²) in [5.74, 6) is 0.0667. The highest BCUT2D eigenvalue weighted by Crippen LogP contribution is 2.37. The van der Waals surface area contributed by atoms with Gasteiger partial charge in [-0.2, -0.15) is 0 Å². The molecule has 1 aromatic carbocycles. The number of benzene rings is 1. The molecule has 1 aliphatic heterocycles. The smallest absolute Gasteiger partial charge is 0.263 e. The number of thiophene rings is 1. The van der Waals surface area contributed by atoms with Gasteiger partial charge in [-0.25, -0.2) is 0 Å². The zero-order valence-electron chi connectivity index (χ0n) is 15.1. The van der Waals surface area contributed by atoms with Crippen molar-refractivity contribution >= 4 is 34.8 Å². The lowest BCUT2D eigenvalue weighted by molar-refractivity contribution is 0.0737. The van der Waals surface area contributed by atoms with Gasteiger partial charge in [0.2, 0.25) is 0 Å². The molecule has 6 heteroatoms. The second kappa shape index (κ2) is 8.23. The van der Waals surface area contributed by atoms with E-state index >= 15 is 0 Å². The minimum absolute atomic E-state index is 0.0000180. The first-order valence-corrected chi connectivity index (χ1v) is 10.2. The van der Waals surface area contributed by atoms with Gasteiger partial charge in [-0.3, -0.25) is 9.59 Å². The second-order valence-electron chi connectivity index (χ2n) is 6.35. The second-order valence-corrected chi connectivity index (χ2v) is 7.90. The summed E-state index contributed by atoms with van der Waals surface area (Å²) in [6.07, 6.45) is 1.89. The van der Waals surface area contributed by atoms with E-state index in [1.165, 1.54) is 11.3 Å². The summed E-state index contributed by atoms with van der Waals surface area (Å²) in [5.41, 5.74) is 0.611. The summed E-state index contributed by atoms with van der Waals surface area (Å²) >= 11 is 7.54. The van der Waals surface area contributed by atoms with Crippen molar-refractivity contribution in [3.8, 4) is 0 Å². The maximum Gasteiger partial charge on any atom is 0.263 e. The van der Waals surface area contributed by atoms with Gasteiger partial charge in [0.05, 0.1) is 10.9 Å². The first-order chi connectivity index (χ1) is 12.5. The van der Waals surface area contributed by atoms with Gasteiger partial charge in [-0.1, -0.05) is 17.7 Å². The van der Waals surface area contributed by atoms with Crippen LogP contribution in [0.1, 0.15) is 57.6 Å². The molecule has 0 radical (unpaired) electrons. The Morgan fingerprint density at radius 1 is 1.23 bits per heavy atom. The van der Waals surface area contributed by atoms with Crippen molar-refractivity contribution in [2.75, 3.05) is 19.6 Å². The van der Waals surface area contributed by atoms with Crippen LogP contribution in [0.3, 0.4) is 0 Å². The van der Waals surface area contributed by atoms with E-state index in [2.05, 4.69) is 0 Å². The molecule has 4 nitrogen and oxygen atoms in total. The lowest BCUT2D eigenvalue weighted by atomic mass is 10.1. The number of rotatable bonds is 5. The molecule has 0 N–H and O–H groups in total. The molecule has 1 aromatic heterocycles. The molecule has 26 heavy (non-hydrogen) atoms. The monoisotopic (exact) mass is 390 g/mol. The number of nitrogens with zero attached hydrogens (tertiary/aromatic N) is 2. The van der Waals surface area contributed by atoms with E-state index in [1.54, 1.807) is 24.3 Å². The Labute approximate surface area is 163 Å². The lowest BCUT2D eigenvalue weighted by Gasteiger charge is -2.24. The fourth-order valence-electron chi connectivity index (χ4n) is 3.41. The maximum atomic E-state index is 12.9. The standard InChI is InChI=1S/C20H23ClN2O2S/c1-3-22(4-2)20(25)18-11-10-17(26-18)16-9-6-12-23(16)19(24)14-7-5-8-15(21)13-14/h5,7-8,10-11,13,16H,3-4,6,9,12H2,1-2H3/t16-/m1/s1. The molecule has 3 rings (SSSR count). The van der Waals surface area contributed by atoms with Crippen LogP contribution < -0.4 is 0 Å². The van der Waals surface area contributed by atoms with Gasteiger partial charge in [0.1, 0.15) is 0 Å². The van der Waals surface area contributed by atoms with Crippen molar-refractivity contribution in [1.29, 1.82) is 0 Å². The van der Waals surface area contributed by atoms with E-state index in [0.717, 1.165) is 29.1 Å². The molecule has 2 heterocycles. The molecule has 2 aromatic rings. The maximum absolute atomic E-state index is 12.9. The number of hydrogen-bond donors (Lipinski definition) is 0. The topological polar surface area (TPSA) is 40.6 Å². The van der Waals surface area contributed by atoms with Crippen LogP contribution in [0.5, 0.6) is 0 Å². The first kappa shape index (κ1) is 18.9. The van der Waals surface area contributed by atoms with E-state index in [-0.39, 0.29) is 17.9 Å². The van der Waals surface area contributed by atoms with Crippen molar-refractivity contribution in [1.82, 2.24) is 9.80 Å². The molecule has 138 valence electrons. The molecule has 0 aliphatic carbocycles. The van der Waals surface area contributed by atoms with Gasteiger partial charge >= 0.3 is 0 Å². The van der Waals surface area contributed by atoms with Gasteiger partial charge in [-0.15, -0.1) is 11.3 Å². The van der Waals surface area contributed by atoms with E-state index in [4.69, 9.17) is 11.6 Å². The summed E-state index contributed by atoms with van der Waals surface area (Å²) in [4.78, 5) is 31.0. The molecule has 2 amide bonds. The number of carbonyl (C=O) groups excluding carboxylic acids is 2. The van der Waals surface area contributed by atoms with Crippen LogP contribution in [0.2, 0.25) is 5.02 Å². The molecule has 1 saturated heterocycles. The van der Waals surface area contributed by atoms with Crippen LogP contribution in [-0.4, -0.2) is 41.2 Å². The fourth-order valence-corrected chi connectivity index (χ4v) is 4.72. The summed E-state index contributed by atoms with van der Waals surface area (Å²) in [6.45, 7) is 6.10. The predicted octanol–water partition coefficient (Wildman–Crippen LogP) is 4.86. The van der Waals surface area contributed by atoms with Crippen LogP contribution in [0.25, 0.3) is 0 Å². The minimum atomic E-state index is 0.0000180. The van der Waals surface area contributed by atoms with E-state index in [9.17, 15) is 9.59 Å². The minimum Gasteiger partial charge on any atom is -0.339 e. The molecular weight excluding hydrogens is 368 g/mol. The first-order valence-electron chi connectivity index (χ1n) is 9.00. The normalized spacial score (nSPS) is 16.7. The third-order valence-electron chi connectivity index (χ3n) is 4.80. The molecular formula is C20H23ClN2O2S. The highest BCUT2D eigenvalue weighted by Gasteiger charge is 2.32. The van der Waals surface area contributed by atoms with Crippen LogP contribution in [0.15, 0.2) is 36.4 Å². The molecule has 1 atom stereocenters. The Kier molecular flexibility index (Phi) is 5.99. The molecule has 1 aliphatic rings. The van der Waals surface area contributed by atoms with E-state index in [1.807, 2.05) is 35.8 Å². The number of amides is 2. The third kappa shape index (κ3) is 3.79. The average Bonchev–Trinajstić information content (AvgIpc) is 3.31. The van der Waals surface area contributed by atoms with Crippen molar-refractivity contribution in [2.24, 2.45) is 0 Å². The third-order valence-corrected chi connectivity index (χ3v) is 6.21. The predicted molar refractivity (Wildman–Crippen MR) is 106 cm³/mol. The Morgan fingerprint density at radius 2 is 2.00 bits per heavy atom. The molecule has 0 bridgehead atoms. The van der Waals surface area contributed by atoms with Gasteiger partial charge in [0.25, 0.3) is 11.8 Å². The Bertz CT molecular complexity index is 801. The highest BCUT2D eigenvalue weighted by atomic mass is 35.5. The quantitative estimate of drug-likeness (QED) is 0.731. The Morgan fingerprint density at radius 3 is 2.69 bits per heavy atom. The average molecular weight is 391 g/mol. The zero-order chi connectivity index (χ0) is 18.7. The number of halogens is 1. The molecule has 0 saturated carbocycles. The Balaban J connectivity index is 1.80. The van der Waals surface area contributed by atoms with E-state index < -0.39 is 0 Å². The molecule has 1 fully saturated rings. The van der Waals surface area contributed by atoms with Crippen LogP contribution in [0.4, 0.5) is 0 Å². The van der Waals surface area contributed by atoms with Crippen molar-refractivity contribution in [2.45, 2.75) is 32.7 Å². The number of carbonyl (C=O) groups is 2. The van der Waals surface area contributed by atoms with Crippen LogP contribution >= 0.6 is 22.9 Å². The largest absolute Gasteiger partial charge is 0.339 e. The van der Waals surface area contributed by atoms with Crippen molar-refractivity contribution in [3.63, 3.8) is 0 Å². The van der Waals surface area contributed by atoms with Crippen LogP contribution in [-0.2, 0) is 0 Å². The molecule has 0 spiro atoms. The van der Waals surface area contributed by atoms with Gasteiger partial charge in [0.15, 0.2) is 0 Å². The number of likely N-dealkylation sites (tertiary alicyclic amines) is 1. The van der Waals surface area contributed by atoms with Gasteiger partial charge < -0.3 is 9.80 Å². The van der Waals surface area contributed by atoms with Gasteiger partial charge in [0, 0.05) is 35.1 Å². The highest BCUT2D eigenvalue weighted by molar-refractivity contribution is 7.14. The van der Waals surface area contributed by atoms with Crippen LogP contribution in [0, 0.1) is 0 Å². The van der Waals surface area contributed by atoms with E-state index in [0.29, 0.717) is 23.7 Å². The van der Waals surface area contributed by atoms with Crippen molar-refractivity contribution < 1.29 is 9.59 Å².